The number of carbonyl (C=O) groups is 3. The largest absolute Gasteiger partial charge is 0.382 e. The number of hydrogen-bond acceptors (Lipinski definition) is 7. The third-order valence-electron chi connectivity index (χ3n) is 7.11. The van der Waals surface area contributed by atoms with Crippen LogP contribution in [0.5, 0.6) is 0 Å². The van der Waals surface area contributed by atoms with Crippen LogP contribution in [0.15, 0.2) is 46.9 Å². The SMILES string of the molecule is C[C@H](N)C(=O)N1CCC[C@H]1C(=O)N(C(=O)c1ccc(C(N)=NS(=O)(=O)Cc2ccccc2)s1)C1CCCCC1. The first-order valence-electron chi connectivity index (χ1n) is 13.2. The zero-order valence-electron chi connectivity index (χ0n) is 22.0. The Morgan fingerprint density at radius 2 is 1.69 bits per heavy atom. The number of amidine groups is 1. The molecule has 1 saturated heterocycles. The van der Waals surface area contributed by atoms with E-state index in [1.807, 2.05) is 0 Å². The van der Waals surface area contributed by atoms with Gasteiger partial charge in [0.1, 0.15) is 6.04 Å². The predicted molar refractivity (Wildman–Crippen MR) is 151 cm³/mol. The second-order valence-electron chi connectivity index (χ2n) is 10.1. The maximum absolute atomic E-state index is 13.8. The van der Waals surface area contributed by atoms with Crippen LogP contribution in [0.25, 0.3) is 0 Å². The van der Waals surface area contributed by atoms with Gasteiger partial charge < -0.3 is 16.4 Å². The summed E-state index contributed by atoms with van der Waals surface area (Å²) in [7, 11) is -3.90. The van der Waals surface area contributed by atoms with Crippen LogP contribution in [-0.2, 0) is 25.4 Å². The maximum atomic E-state index is 13.8. The van der Waals surface area contributed by atoms with Crippen LogP contribution in [0.3, 0.4) is 0 Å². The van der Waals surface area contributed by atoms with E-state index in [4.69, 9.17) is 11.5 Å². The third-order valence-corrected chi connectivity index (χ3v) is 9.37. The van der Waals surface area contributed by atoms with Gasteiger partial charge in [-0.3, -0.25) is 19.3 Å². The van der Waals surface area contributed by atoms with Crippen molar-refractivity contribution in [1.29, 1.82) is 0 Å². The van der Waals surface area contributed by atoms with Crippen LogP contribution < -0.4 is 11.5 Å². The van der Waals surface area contributed by atoms with E-state index in [1.165, 1.54) is 15.9 Å². The van der Waals surface area contributed by atoms with Crippen molar-refractivity contribution in [3.05, 3.63) is 57.8 Å². The molecule has 3 amide bonds. The van der Waals surface area contributed by atoms with Crippen LogP contribution in [-0.4, -0.2) is 66.4 Å². The minimum absolute atomic E-state index is 0.213. The topological polar surface area (TPSA) is 156 Å². The fraction of sp³-hybridized carbons (Fsp3) is 0.481. The van der Waals surface area contributed by atoms with E-state index in [0.29, 0.717) is 42.7 Å². The van der Waals surface area contributed by atoms with Crippen molar-refractivity contribution >= 4 is 44.9 Å². The average Bonchev–Trinajstić information content (AvgIpc) is 3.59. The molecule has 4 rings (SSSR count). The smallest absolute Gasteiger partial charge is 0.270 e. The van der Waals surface area contributed by atoms with Gasteiger partial charge >= 0.3 is 0 Å². The number of rotatable bonds is 8. The molecule has 210 valence electrons. The van der Waals surface area contributed by atoms with Crippen molar-refractivity contribution < 1.29 is 22.8 Å². The highest BCUT2D eigenvalue weighted by Gasteiger charge is 2.42. The quantitative estimate of drug-likeness (QED) is 0.279. The summed E-state index contributed by atoms with van der Waals surface area (Å²) in [4.78, 5) is 43.7. The molecule has 0 spiro atoms. The molecule has 1 aliphatic carbocycles. The normalized spacial score (nSPS) is 19.6. The number of nitrogens with two attached hydrogens (primary N) is 2. The number of likely N-dealkylation sites (tertiary alicyclic amines) is 1. The molecular weight excluding hydrogens is 538 g/mol. The highest BCUT2D eigenvalue weighted by molar-refractivity contribution is 7.89. The molecule has 1 aromatic carbocycles. The number of hydrogen-bond donors (Lipinski definition) is 2. The van der Waals surface area contributed by atoms with Crippen LogP contribution >= 0.6 is 11.3 Å². The first-order valence-corrected chi connectivity index (χ1v) is 15.7. The molecule has 1 aromatic heterocycles. The first-order chi connectivity index (χ1) is 18.6. The predicted octanol–water partition coefficient (Wildman–Crippen LogP) is 2.62. The number of benzene rings is 1. The van der Waals surface area contributed by atoms with Crippen LogP contribution in [0.2, 0.25) is 0 Å². The van der Waals surface area contributed by atoms with Gasteiger partial charge in [0.2, 0.25) is 5.91 Å². The Morgan fingerprint density at radius 3 is 2.36 bits per heavy atom. The lowest BCUT2D eigenvalue weighted by molar-refractivity contribution is -0.144. The molecule has 0 unspecified atom stereocenters. The molecule has 2 heterocycles. The summed E-state index contributed by atoms with van der Waals surface area (Å²) in [6.45, 7) is 2.02. The third kappa shape index (κ3) is 6.92. The van der Waals surface area contributed by atoms with Crippen LogP contribution in [0.1, 0.15) is 72.0 Å². The fourth-order valence-electron chi connectivity index (χ4n) is 5.22. The molecule has 2 fully saturated rings. The van der Waals surface area contributed by atoms with Gasteiger partial charge in [-0.2, -0.15) is 0 Å². The van der Waals surface area contributed by atoms with Gasteiger partial charge in [0.25, 0.3) is 21.8 Å². The van der Waals surface area contributed by atoms with E-state index in [9.17, 15) is 22.8 Å². The molecule has 0 bridgehead atoms. The van der Waals surface area contributed by atoms with Crippen molar-refractivity contribution in [1.82, 2.24) is 9.80 Å². The summed E-state index contributed by atoms with van der Waals surface area (Å²) in [5, 5.41) is 0. The summed E-state index contributed by atoms with van der Waals surface area (Å²) in [5.41, 5.74) is 12.4. The number of thiophene rings is 1. The van der Waals surface area contributed by atoms with Crippen LogP contribution in [0.4, 0.5) is 0 Å². The van der Waals surface area contributed by atoms with Gasteiger partial charge in [0.15, 0.2) is 5.84 Å². The van der Waals surface area contributed by atoms with Gasteiger partial charge in [0.05, 0.1) is 21.5 Å². The van der Waals surface area contributed by atoms with E-state index in [2.05, 4.69) is 4.40 Å². The lowest BCUT2D eigenvalue weighted by Crippen LogP contribution is -2.55. The Hall–Kier alpha value is -3.09. The number of sulfonamides is 1. The molecule has 39 heavy (non-hydrogen) atoms. The minimum Gasteiger partial charge on any atom is -0.382 e. The van der Waals surface area contributed by atoms with Gasteiger partial charge in [-0.1, -0.05) is 49.6 Å². The number of nitrogens with zero attached hydrogens (tertiary/aromatic N) is 3. The molecule has 0 radical (unpaired) electrons. The summed E-state index contributed by atoms with van der Waals surface area (Å²) < 4.78 is 28.9. The molecule has 2 atom stereocenters. The van der Waals surface area contributed by atoms with Crippen LogP contribution in [0, 0.1) is 0 Å². The van der Waals surface area contributed by atoms with Gasteiger partial charge in [-0.25, -0.2) is 8.42 Å². The Balaban J connectivity index is 1.57. The van der Waals surface area contributed by atoms with Gasteiger partial charge in [0, 0.05) is 12.6 Å². The van der Waals surface area contributed by atoms with Crippen molar-refractivity contribution in [3.63, 3.8) is 0 Å². The first kappa shape index (κ1) is 28.9. The Bertz CT molecular complexity index is 1330. The Kier molecular flexibility index (Phi) is 9.19. The zero-order chi connectivity index (χ0) is 28.2. The van der Waals surface area contributed by atoms with Gasteiger partial charge in [-0.05, 0) is 50.3 Å². The van der Waals surface area contributed by atoms with Gasteiger partial charge in [-0.15, -0.1) is 15.7 Å². The lowest BCUT2D eigenvalue weighted by Gasteiger charge is -2.36. The molecule has 12 heteroatoms. The number of imide groups is 1. The highest BCUT2D eigenvalue weighted by atomic mass is 32.2. The molecule has 2 aliphatic rings. The second-order valence-corrected chi connectivity index (χ2v) is 12.9. The van der Waals surface area contributed by atoms with Crippen molar-refractivity contribution in [3.8, 4) is 0 Å². The molecule has 4 N–H and O–H groups in total. The Labute approximate surface area is 233 Å². The highest BCUT2D eigenvalue weighted by Crippen LogP contribution is 2.30. The van der Waals surface area contributed by atoms with E-state index < -0.39 is 28.0 Å². The summed E-state index contributed by atoms with van der Waals surface area (Å²) in [6, 6.07) is 9.99. The second kappa shape index (κ2) is 12.4. The molecule has 2 aromatic rings. The molecular formula is C27H35N5O5S2. The summed E-state index contributed by atoms with van der Waals surface area (Å²) >= 11 is 0.996. The number of carbonyl (C=O) groups excluding carboxylic acids is 3. The standard InChI is InChI=1S/C27H35N5O5S2/c1-18(28)25(33)31-16-8-13-21(31)26(34)32(20-11-6-3-7-12-20)27(35)23-15-14-22(38-23)24(29)30-39(36,37)17-19-9-4-2-5-10-19/h2,4-5,9-10,14-15,18,20-21H,3,6-8,11-13,16-17,28H2,1H3,(H2,29,30)/t18-,21-/m0/s1. The fourth-order valence-corrected chi connectivity index (χ4v) is 7.19. The van der Waals surface area contributed by atoms with E-state index in [0.717, 1.165) is 30.6 Å². The minimum atomic E-state index is -3.90. The number of amides is 3. The average molecular weight is 574 g/mol. The lowest BCUT2D eigenvalue weighted by atomic mass is 9.93. The zero-order valence-corrected chi connectivity index (χ0v) is 23.6. The van der Waals surface area contributed by atoms with E-state index >= 15 is 0 Å². The Morgan fingerprint density at radius 1 is 1.03 bits per heavy atom. The molecule has 1 saturated carbocycles. The maximum Gasteiger partial charge on any atom is 0.270 e. The summed E-state index contributed by atoms with van der Waals surface area (Å²) in [6.07, 6.45) is 5.39. The van der Waals surface area contributed by atoms with Crippen molar-refractivity contribution in [2.24, 2.45) is 15.9 Å². The van der Waals surface area contributed by atoms with E-state index in [1.54, 1.807) is 43.3 Å². The van der Waals surface area contributed by atoms with Crippen molar-refractivity contribution in [2.75, 3.05) is 6.54 Å². The van der Waals surface area contributed by atoms with E-state index in [-0.39, 0.29) is 34.3 Å². The molecule has 10 nitrogen and oxygen atoms in total. The molecule has 1 aliphatic heterocycles. The van der Waals surface area contributed by atoms with Crippen molar-refractivity contribution in [2.45, 2.75) is 75.7 Å². The monoisotopic (exact) mass is 573 g/mol. The summed E-state index contributed by atoms with van der Waals surface area (Å²) in [5.74, 6) is -1.67.